The van der Waals surface area contributed by atoms with Gasteiger partial charge >= 0.3 is 5.97 Å². The Bertz CT molecular complexity index is 282. The first-order valence-corrected chi connectivity index (χ1v) is 8.40. The summed E-state index contributed by atoms with van der Waals surface area (Å²) in [5.74, 6) is -0.681. The van der Waals surface area contributed by atoms with Gasteiger partial charge in [-0.05, 0) is 44.9 Å². The minimum absolute atomic E-state index is 0.312. The van der Waals surface area contributed by atoms with E-state index in [2.05, 4.69) is 24.3 Å². The Kier molecular flexibility index (Phi) is 16.1. The van der Waals surface area contributed by atoms with Crippen molar-refractivity contribution < 1.29 is 15.0 Å². The minimum Gasteiger partial charge on any atom is -0.481 e. The molecule has 0 rings (SSSR count). The number of unbranched alkanes of at least 4 members (excludes halogenated alkanes) is 8. The molecule has 3 heteroatoms. The van der Waals surface area contributed by atoms with Gasteiger partial charge in [0.15, 0.2) is 0 Å². The van der Waals surface area contributed by atoms with Gasteiger partial charge in [0.1, 0.15) is 0 Å². The Hall–Kier alpha value is -1.09. The SMILES string of the molecule is O=C(O)CCCCCCC/C=C/C/C=C/CCCCCO. The van der Waals surface area contributed by atoms with Crippen molar-refractivity contribution in [2.24, 2.45) is 0 Å². The lowest BCUT2D eigenvalue weighted by Gasteiger charge is -1.98. The molecule has 0 aliphatic carbocycles. The van der Waals surface area contributed by atoms with E-state index in [1.165, 1.54) is 19.3 Å². The summed E-state index contributed by atoms with van der Waals surface area (Å²) in [7, 11) is 0. The highest BCUT2D eigenvalue weighted by atomic mass is 16.4. The molecule has 0 aromatic heterocycles. The molecule has 0 unspecified atom stereocenters. The van der Waals surface area contributed by atoms with Gasteiger partial charge in [0, 0.05) is 13.0 Å². The van der Waals surface area contributed by atoms with Crippen molar-refractivity contribution in [1.82, 2.24) is 0 Å². The topological polar surface area (TPSA) is 57.5 Å². The number of aliphatic hydroxyl groups excluding tert-OH is 1. The summed E-state index contributed by atoms with van der Waals surface area (Å²) < 4.78 is 0. The second-order valence-corrected chi connectivity index (χ2v) is 5.45. The molecular formula is C18H32O3. The number of carboxylic acids is 1. The zero-order valence-electron chi connectivity index (χ0n) is 13.3. The van der Waals surface area contributed by atoms with E-state index in [1.54, 1.807) is 0 Å². The van der Waals surface area contributed by atoms with Crippen LogP contribution < -0.4 is 0 Å². The number of rotatable bonds is 15. The van der Waals surface area contributed by atoms with Crippen molar-refractivity contribution in [3.63, 3.8) is 0 Å². The average molecular weight is 296 g/mol. The number of hydrogen-bond donors (Lipinski definition) is 2. The van der Waals surface area contributed by atoms with Crippen molar-refractivity contribution in [1.29, 1.82) is 0 Å². The van der Waals surface area contributed by atoms with Gasteiger partial charge < -0.3 is 10.2 Å². The molecule has 0 spiro atoms. The van der Waals surface area contributed by atoms with Gasteiger partial charge in [-0.3, -0.25) is 4.79 Å². The maximum absolute atomic E-state index is 10.3. The van der Waals surface area contributed by atoms with Gasteiger partial charge in [-0.15, -0.1) is 0 Å². The number of aliphatic carboxylic acids is 1. The van der Waals surface area contributed by atoms with E-state index in [4.69, 9.17) is 10.2 Å². The van der Waals surface area contributed by atoms with Crippen LogP contribution in [0.3, 0.4) is 0 Å². The summed E-state index contributed by atoms with van der Waals surface area (Å²) in [4.78, 5) is 10.3. The first-order chi connectivity index (χ1) is 10.3. The van der Waals surface area contributed by atoms with Crippen LogP contribution in [-0.2, 0) is 4.79 Å². The van der Waals surface area contributed by atoms with E-state index in [0.717, 1.165) is 51.4 Å². The van der Waals surface area contributed by atoms with Crippen molar-refractivity contribution in [3.8, 4) is 0 Å². The van der Waals surface area contributed by atoms with Gasteiger partial charge in [-0.1, -0.05) is 50.0 Å². The molecule has 0 aliphatic rings. The summed E-state index contributed by atoms with van der Waals surface area (Å²) in [6, 6.07) is 0. The number of hydrogen-bond acceptors (Lipinski definition) is 2. The summed E-state index contributed by atoms with van der Waals surface area (Å²) in [5.41, 5.74) is 0. The molecule has 3 nitrogen and oxygen atoms in total. The van der Waals surface area contributed by atoms with Crippen LogP contribution in [0.1, 0.15) is 77.0 Å². The van der Waals surface area contributed by atoms with Crippen LogP contribution in [0.5, 0.6) is 0 Å². The van der Waals surface area contributed by atoms with E-state index in [0.29, 0.717) is 13.0 Å². The van der Waals surface area contributed by atoms with Gasteiger partial charge in [0.05, 0.1) is 0 Å². The van der Waals surface area contributed by atoms with E-state index in [-0.39, 0.29) is 0 Å². The Labute approximate surface area is 129 Å². The Balaban J connectivity index is 3.18. The first kappa shape index (κ1) is 19.9. The van der Waals surface area contributed by atoms with Gasteiger partial charge in [0.25, 0.3) is 0 Å². The monoisotopic (exact) mass is 296 g/mol. The van der Waals surface area contributed by atoms with E-state index in [9.17, 15) is 4.79 Å². The fourth-order valence-electron chi connectivity index (χ4n) is 2.13. The molecule has 0 heterocycles. The van der Waals surface area contributed by atoms with Crippen molar-refractivity contribution in [3.05, 3.63) is 24.3 Å². The predicted molar refractivity (Wildman–Crippen MR) is 88.4 cm³/mol. The summed E-state index contributed by atoms with van der Waals surface area (Å²) in [6.45, 7) is 0.312. The molecule has 0 saturated heterocycles. The van der Waals surface area contributed by atoms with E-state index >= 15 is 0 Å². The smallest absolute Gasteiger partial charge is 0.303 e. The summed E-state index contributed by atoms with van der Waals surface area (Å²) >= 11 is 0. The fourth-order valence-corrected chi connectivity index (χ4v) is 2.13. The molecule has 122 valence electrons. The Morgan fingerprint density at radius 2 is 1.24 bits per heavy atom. The van der Waals surface area contributed by atoms with Crippen LogP contribution in [-0.4, -0.2) is 22.8 Å². The van der Waals surface area contributed by atoms with Crippen molar-refractivity contribution in [2.45, 2.75) is 77.0 Å². The highest BCUT2D eigenvalue weighted by molar-refractivity contribution is 5.66. The van der Waals surface area contributed by atoms with Crippen molar-refractivity contribution in [2.75, 3.05) is 6.61 Å². The quantitative estimate of drug-likeness (QED) is 0.335. The number of allylic oxidation sites excluding steroid dienone is 4. The molecule has 0 aliphatic heterocycles. The number of carboxylic acid groups (broad SMARTS) is 1. The Morgan fingerprint density at radius 1 is 0.714 bits per heavy atom. The lowest BCUT2D eigenvalue weighted by molar-refractivity contribution is -0.137. The average Bonchev–Trinajstić information content (AvgIpc) is 2.46. The molecule has 0 aromatic carbocycles. The summed E-state index contributed by atoms with van der Waals surface area (Å²) in [6.07, 6.45) is 21.1. The molecule has 0 amide bonds. The van der Waals surface area contributed by atoms with Crippen LogP contribution in [0.4, 0.5) is 0 Å². The maximum atomic E-state index is 10.3. The lowest BCUT2D eigenvalue weighted by atomic mass is 10.1. The number of aliphatic hydroxyl groups is 1. The predicted octanol–water partition coefficient (Wildman–Crippen LogP) is 4.86. The molecule has 0 atom stereocenters. The molecular weight excluding hydrogens is 264 g/mol. The van der Waals surface area contributed by atoms with Gasteiger partial charge in [0.2, 0.25) is 0 Å². The molecule has 21 heavy (non-hydrogen) atoms. The Morgan fingerprint density at radius 3 is 1.81 bits per heavy atom. The highest BCUT2D eigenvalue weighted by Gasteiger charge is 1.95. The van der Waals surface area contributed by atoms with Crippen LogP contribution >= 0.6 is 0 Å². The third kappa shape index (κ3) is 18.9. The van der Waals surface area contributed by atoms with Crippen molar-refractivity contribution >= 4 is 5.97 Å². The summed E-state index contributed by atoms with van der Waals surface area (Å²) in [5, 5.41) is 17.1. The van der Waals surface area contributed by atoms with Crippen LogP contribution in [0.2, 0.25) is 0 Å². The fraction of sp³-hybridized carbons (Fsp3) is 0.722. The van der Waals surface area contributed by atoms with Gasteiger partial charge in [-0.25, -0.2) is 0 Å². The van der Waals surface area contributed by atoms with Gasteiger partial charge in [-0.2, -0.15) is 0 Å². The van der Waals surface area contributed by atoms with Crippen LogP contribution in [0.15, 0.2) is 24.3 Å². The third-order valence-corrected chi connectivity index (χ3v) is 3.40. The largest absolute Gasteiger partial charge is 0.481 e. The molecule has 0 fully saturated rings. The maximum Gasteiger partial charge on any atom is 0.303 e. The normalized spacial score (nSPS) is 11.7. The molecule has 2 N–H and O–H groups in total. The standard InChI is InChI=1S/C18H32O3/c19-17-15-13-11-9-7-5-3-1-2-4-6-8-10-12-14-16-18(20)21/h1-2,5,7,19H,3-4,6,8-17H2,(H,20,21)/b2-1+,7-5+. The van der Waals surface area contributed by atoms with E-state index in [1.807, 2.05) is 0 Å². The molecule has 0 saturated carbocycles. The minimum atomic E-state index is -0.681. The second-order valence-electron chi connectivity index (χ2n) is 5.45. The second kappa shape index (κ2) is 17.0. The zero-order chi connectivity index (χ0) is 15.6. The first-order valence-electron chi connectivity index (χ1n) is 8.40. The molecule has 0 radical (unpaired) electrons. The van der Waals surface area contributed by atoms with E-state index < -0.39 is 5.97 Å². The molecule has 0 bridgehead atoms. The molecule has 0 aromatic rings. The lowest BCUT2D eigenvalue weighted by Crippen LogP contribution is -1.93. The number of carbonyl (C=O) groups is 1. The zero-order valence-corrected chi connectivity index (χ0v) is 13.3. The highest BCUT2D eigenvalue weighted by Crippen LogP contribution is 2.08. The third-order valence-electron chi connectivity index (χ3n) is 3.40. The van der Waals surface area contributed by atoms with Crippen LogP contribution in [0.25, 0.3) is 0 Å². The van der Waals surface area contributed by atoms with Crippen LogP contribution in [0, 0.1) is 0 Å².